The van der Waals surface area contributed by atoms with Crippen molar-refractivity contribution in [3.63, 3.8) is 0 Å². The molecule has 0 fully saturated rings. The van der Waals surface area contributed by atoms with Gasteiger partial charge in [0.05, 0.1) is 18.7 Å². The second-order valence-electron chi connectivity index (χ2n) is 9.79. The third-order valence-corrected chi connectivity index (χ3v) is 7.22. The van der Waals surface area contributed by atoms with Gasteiger partial charge in [0.2, 0.25) is 5.70 Å². The molecule has 5 rings (SSSR count). The minimum absolute atomic E-state index is 0.00212. The van der Waals surface area contributed by atoms with Gasteiger partial charge in [-0.1, -0.05) is 68.4 Å². The van der Waals surface area contributed by atoms with Crippen LogP contribution in [0.4, 0.5) is 17.1 Å². The maximum Gasteiger partial charge on any atom is 0.381 e. The molecule has 186 valence electrons. The van der Waals surface area contributed by atoms with Crippen LogP contribution in [0, 0.1) is 0 Å². The summed E-state index contributed by atoms with van der Waals surface area (Å²) in [4.78, 5) is 22.4. The number of nitrogens with zero attached hydrogens (tertiary/aromatic N) is 4. The standard InChI is InChI=1S/C32H33N4O/c1-5-35-30(22-23-33-24-14-8-6-9-15-24)36(25-16-10-7-11-17-25)28(31(35)37)20-21-29-32(2,3)26-18-12-13-19-27(26)34(29)4/h6-21,23H,5,22H2,1-4H3/q+1. The normalized spacial score (nSPS) is 19.1. The first kappa shape index (κ1) is 24.4. The molecule has 0 atom stereocenters. The zero-order valence-electron chi connectivity index (χ0n) is 21.9. The second kappa shape index (κ2) is 10.0. The van der Waals surface area contributed by atoms with Crippen LogP contribution < -0.4 is 4.90 Å². The summed E-state index contributed by atoms with van der Waals surface area (Å²) in [6.07, 6.45) is 6.52. The zero-order chi connectivity index (χ0) is 26.0. The average molecular weight is 490 g/mol. The molecule has 2 aliphatic rings. The topological polar surface area (TPSA) is 38.9 Å². The number of fused-ring (bicyclic) bond motifs is 1. The van der Waals surface area contributed by atoms with Crippen LogP contribution in [0.5, 0.6) is 0 Å². The van der Waals surface area contributed by atoms with Crippen molar-refractivity contribution in [2.75, 3.05) is 18.5 Å². The fourth-order valence-corrected chi connectivity index (χ4v) is 5.36. The first-order valence-electron chi connectivity index (χ1n) is 12.8. The van der Waals surface area contributed by atoms with Gasteiger partial charge in [0, 0.05) is 30.1 Å². The highest BCUT2D eigenvalue weighted by Crippen LogP contribution is 2.46. The molecule has 0 radical (unpaired) electrons. The molecule has 1 amide bonds. The highest BCUT2D eigenvalue weighted by Gasteiger charge is 2.43. The van der Waals surface area contributed by atoms with Gasteiger partial charge in [-0.15, -0.1) is 0 Å². The molecule has 0 aliphatic carbocycles. The van der Waals surface area contributed by atoms with Crippen LogP contribution in [0.25, 0.3) is 0 Å². The van der Waals surface area contributed by atoms with Gasteiger partial charge in [0.25, 0.3) is 5.84 Å². The van der Waals surface area contributed by atoms with Crippen molar-refractivity contribution in [2.24, 2.45) is 4.99 Å². The minimum atomic E-state index is -0.166. The Labute approximate surface area is 219 Å². The van der Waals surface area contributed by atoms with Gasteiger partial charge < -0.3 is 4.90 Å². The summed E-state index contributed by atoms with van der Waals surface area (Å²) in [7, 11) is 2.10. The number of hydrogen-bond donors (Lipinski definition) is 0. The smallest absolute Gasteiger partial charge is 0.347 e. The maximum atomic E-state index is 13.7. The number of likely N-dealkylation sites (N-methyl/N-ethyl adjacent to an activating group) is 2. The Hall–Kier alpha value is -4.25. The molecular weight excluding hydrogens is 456 g/mol. The SMILES string of the molecule is CCN1C(=O)C(=CC=C2N(C)c3ccccc3C2(C)C)[N+](c2ccccc2)=C1CC=Nc1ccccc1. The Morgan fingerprint density at radius 1 is 0.892 bits per heavy atom. The first-order valence-corrected chi connectivity index (χ1v) is 12.8. The predicted molar refractivity (Wildman–Crippen MR) is 152 cm³/mol. The Kier molecular flexibility index (Phi) is 6.62. The number of allylic oxidation sites excluding steroid dienone is 3. The Bertz CT molecular complexity index is 1430. The predicted octanol–water partition coefficient (Wildman–Crippen LogP) is 6.58. The van der Waals surface area contributed by atoms with Crippen LogP contribution in [0.2, 0.25) is 0 Å². The molecular formula is C32H33N4O+. The van der Waals surface area contributed by atoms with Crippen molar-refractivity contribution in [1.29, 1.82) is 0 Å². The molecule has 3 aromatic carbocycles. The zero-order valence-corrected chi connectivity index (χ0v) is 21.9. The quantitative estimate of drug-likeness (QED) is 0.223. The number of aliphatic imine (C=N–C) groups is 1. The third kappa shape index (κ3) is 4.42. The number of hydrogen-bond acceptors (Lipinski definition) is 3. The fraction of sp³-hybridized carbons (Fsp3) is 0.219. The molecule has 3 aromatic rings. The van der Waals surface area contributed by atoms with Gasteiger partial charge in [0.1, 0.15) is 5.69 Å². The number of para-hydroxylation sites is 3. The number of benzene rings is 3. The van der Waals surface area contributed by atoms with Gasteiger partial charge in [-0.3, -0.25) is 4.99 Å². The van der Waals surface area contributed by atoms with E-state index in [0.29, 0.717) is 18.7 Å². The average Bonchev–Trinajstić information content (AvgIpc) is 3.30. The van der Waals surface area contributed by atoms with Crippen molar-refractivity contribution >= 4 is 35.0 Å². The van der Waals surface area contributed by atoms with E-state index in [1.807, 2.05) is 84.8 Å². The van der Waals surface area contributed by atoms with Gasteiger partial charge in [-0.05, 0) is 55.0 Å². The number of carbonyl (C=O) groups excluding carboxylic acids is 1. The lowest BCUT2D eigenvalue weighted by Gasteiger charge is -2.23. The number of rotatable bonds is 6. The summed E-state index contributed by atoms with van der Waals surface area (Å²) < 4.78 is 2.08. The first-order chi connectivity index (χ1) is 17.9. The molecule has 0 spiro atoms. The number of amidine groups is 1. The van der Waals surface area contributed by atoms with Gasteiger partial charge in [-0.25, -0.2) is 4.79 Å². The largest absolute Gasteiger partial charge is 0.381 e. The van der Waals surface area contributed by atoms with Gasteiger partial charge in [-0.2, -0.15) is 9.48 Å². The van der Waals surface area contributed by atoms with Crippen LogP contribution in [0.3, 0.4) is 0 Å². The Morgan fingerprint density at radius 3 is 2.22 bits per heavy atom. The molecule has 0 saturated heterocycles. The lowest BCUT2D eigenvalue weighted by atomic mass is 9.84. The van der Waals surface area contributed by atoms with Crippen LogP contribution in [-0.2, 0) is 10.2 Å². The van der Waals surface area contributed by atoms with E-state index in [4.69, 9.17) is 0 Å². The van der Waals surface area contributed by atoms with Crippen molar-refractivity contribution in [1.82, 2.24) is 4.90 Å². The van der Waals surface area contributed by atoms with E-state index in [2.05, 4.69) is 65.7 Å². The van der Waals surface area contributed by atoms with E-state index in [1.165, 1.54) is 11.3 Å². The highest BCUT2D eigenvalue weighted by atomic mass is 16.2. The Balaban J connectivity index is 1.59. The monoisotopic (exact) mass is 489 g/mol. The Morgan fingerprint density at radius 2 is 1.54 bits per heavy atom. The van der Waals surface area contributed by atoms with E-state index < -0.39 is 0 Å². The van der Waals surface area contributed by atoms with Gasteiger partial charge >= 0.3 is 5.91 Å². The van der Waals surface area contributed by atoms with E-state index in [-0.39, 0.29) is 11.3 Å². The molecule has 0 N–H and O–H groups in total. The number of anilines is 1. The van der Waals surface area contributed by atoms with Crippen molar-refractivity contribution in [2.45, 2.75) is 32.6 Å². The van der Waals surface area contributed by atoms with E-state index in [9.17, 15) is 4.79 Å². The lowest BCUT2D eigenvalue weighted by molar-refractivity contribution is -0.374. The van der Waals surface area contributed by atoms with Crippen molar-refractivity contribution in [3.8, 4) is 0 Å². The van der Waals surface area contributed by atoms with Crippen molar-refractivity contribution < 1.29 is 9.37 Å². The van der Waals surface area contributed by atoms with Crippen LogP contribution in [0.1, 0.15) is 32.8 Å². The summed E-state index contributed by atoms with van der Waals surface area (Å²) in [5.74, 6) is 0.910. The van der Waals surface area contributed by atoms with Crippen LogP contribution >= 0.6 is 0 Å². The molecule has 2 aliphatic heterocycles. The van der Waals surface area contributed by atoms with Crippen LogP contribution in [-0.4, -0.2) is 41.0 Å². The number of carbonyl (C=O) groups is 1. The van der Waals surface area contributed by atoms with Crippen molar-refractivity contribution in [3.05, 3.63) is 114 Å². The summed E-state index contributed by atoms with van der Waals surface area (Å²) in [5, 5.41) is 0. The second-order valence-corrected chi connectivity index (χ2v) is 9.79. The maximum absolute atomic E-state index is 13.7. The fourth-order valence-electron chi connectivity index (χ4n) is 5.36. The van der Waals surface area contributed by atoms with E-state index in [0.717, 1.165) is 22.9 Å². The molecule has 2 heterocycles. The van der Waals surface area contributed by atoms with Crippen LogP contribution in [0.15, 0.2) is 113 Å². The summed E-state index contributed by atoms with van der Waals surface area (Å²) in [6, 6.07) is 28.5. The summed E-state index contributed by atoms with van der Waals surface area (Å²) in [5.41, 5.74) is 5.98. The lowest BCUT2D eigenvalue weighted by Crippen LogP contribution is -2.32. The summed E-state index contributed by atoms with van der Waals surface area (Å²) in [6.45, 7) is 7.07. The molecule has 0 saturated carbocycles. The minimum Gasteiger partial charge on any atom is -0.347 e. The number of amides is 1. The third-order valence-electron chi connectivity index (χ3n) is 7.22. The molecule has 0 bridgehead atoms. The highest BCUT2D eigenvalue weighted by molar-refractivity contribution is 6.11. The van der Waals surface area contributed by atoms with E-state index in [1.54, 1.807) is 0 Å². The summed E-state index contributed by atoms with van der Waals surface area (Å²) >= 11 is 0. The van der Waals surface area contributed by atoms with E-state index >= 15 is 0 Å². The molecule has 37 heavy (non-hydrogen) atoms. The van der Waals surface area contributed by atoms with Gasteiger partial charge in [0.15, 0.2) is 0 Å². The molecule has 0 aromatic heterocycles. The molecule has 5 nitrogen and oxygen atoms in total. The molecule has 5 heteroatoms. The molecule has 0 unspecified atom stereocenters.